The Morgan fingerprint density at radius 3 is 2.20 bits per heavy atom. The first kappa shape index (κ1) is 16.7. The molecule has 0 aliphatic rings. The van der Waals surface area contributed by atoms with E-state index >= 15 is 0 Å². The van der Waals surface area contributed by atoms with E-state index in [0.29, 0.717) is 17.4 Å². The van der Waals surface area contributed by atoms with Gasteiger partial charge in [0.05, 0.1) is 7.11 Å². The maximum atomic E-state index is 10.9. The van der Waals surface area contributed by atoms with Crippen LogP contribution >= 0.6 is 0 Å². The predicted octanol–water partition coefficient (Wildman–Crippen LogP) is 3.62. The molecule has 0 bridgehead atoms. The van der Waals surface area contributed by atoms with E-state index in [2.05, 4.69) is 32.6 Å². The minimum Gasteiger partial charge on any atom is -0.496 e. The Balaban J connectivity index is 2.92. The molecule has 0 radical (unpaired) electrons. The van der Waals surface area contributed by atoms with Crippen LogP contribution in [0.5, 0.6) is 5.75 Å². The maximum Gasteiger partial charge on any atom is 0.150 e. The number of rotatable bonds is 8. The van der Waals surface area contributed by atoms with Gasteiger partial charge in [-0.3, -0.25) is 9.69 Å². The van der Waals surface area contributed by atoms with Gasteiger partial charge in [-0.15, -0.1) is 0 Å². The van der Waals surface area contributed by atoms with E-state index in [-0.39, 0.29) is 0 Å². The molecule has 0 spiro atoms. The van der Waals surface area contributed by atoms with Gasteiger partial charge in [-0.25, -0.2) is 0 Å². The van der Waals surface area contributed by atoms with Crippen molar-refractivity contribution >= 4 is 6.29 Å². The minimum absolute atomic E-state index is 0.619. The molecule has 0 aliphatic heterocycles. The van der Waals surface area contributed by atoms with Crippen molar-refractivity contribution in [2.45, 2.75) is 34.2 Å². The summed E-state index contributed by atoms with van der Waals surface area (Å²) < 4.78 is 5.41. The fourth-order valence-corrected chi connectivity index (χ4v) is 2.47. The van der Waals surface area contributed by atoms with Crippen LogP contribution in [0.25, 0.3) is 0 Å². The Kier molecular flexibility index (Phi) is 6.73. The second-order valence-electron chi connectivity index (χ2n) is 6.17. The lowest BCUT2D eigenvalue weighted by atomic mass is 10.1. The summed E-state index contributed by atoms with van der Waals surface area (Å²) in [6, 6.07) is 5.60. The number of ether oxygens (including phenoxy) is 1. The van der Waals surface area contributed by atoms with Gasteiger partial charge in [-0.05, 0) is 30.0 Å². The van der Waals surface area contributed by atoms with Gasteiger partial charge in [0.1, 0.15) is 12.0 Å². The van der Waals surface area contributed by atoms with Crippen LogP contribution in [0.1, 0.15) is 43.6 Å². The van der Waals surface area contributed by atoms with Gasteiger partial charge in [-0.1, -0.05) is 27.7 Å². The highest BCUT2D eigenvalue weighted by Gasteiger charge is 2.13. The normalized spacial score (nSPS) is 11.4. The van der Waals surface area contributed by atoms with Crippen molar-refractivity contribution in [1.82, 2.24) is 4.90 Å². The van der Waals surface area contributed by atoms with Crippen LogP contribution in [-0.2, 0) is 6.54 Å². The summed E-state index contributed by atoms with van der Waals surface area (Å²) in [6.07, 6.45) is 0.887. The topological polar surface area (TPSA) is 29.5 Å². The molecule has 0 atom stereocenters. The van der Waals surface area contributed by atoms with Gasteiger partial charge in [0.25, 0.3) is 0 Å². The fourth-order valence-electron chi connectivity index (χ4n) is 2.47. The van der Waals surface area contributed by atoms with Crippen molar-refractivity contribution in [3.05, 3.63) is 29.3 Å². The lowest BCUT2D eigenvalue weighted by molar-refractivity contribution is 0.112. The van der Waals surface area contributed by atoms with Crippen LogP contribution in [0.4, 0.5) is 0 Å². The summed E-state index contributed by atoms with van der Waals surface area (Å²) in [5, 5.41) is 0. The van der Waals surface area contributed by atoms with Crippen molar-refractivity contribution in [2.75, 3.05) is 20.2 Å². The molecule has 0 saturated heterocycles. The van der Waals surface area contributed by atoms with Crippen LogP contribution in [0.2, 0.25) is 0 Å². The number of hydrogen-bond donors (Lipinski definition) is 0. The van der Waals surface area contributed by atoms with E-state index in [1.54, 1.807) is 13.2 Å². The average Bonchev–Trinajstić information content (AvgIpc) is 2.37. The smallest absolute Gasteiger partial charge is 0.150 e. The van der Waals surface area contributed by atoms with Crippen LogP contribution < -0.4 is 4.74 Å². The lowest BCUT2D eigenvalue weighted by Gasteiger charge is -2.27. The largest absolute Gasteiger partial charge is 0.496 e. The van der Waals surface area contributed by atoms with Crippen LogP contribution in [0, 0.1) is 11.8 Å². The highest BCUT2D eigenvalue weighted by atomic mass is 16.5. The molecular weight excluding hydrogens is 250 g/mol. The lowest BCUT2D eigenvalue weighted by Crippen LogP contribution is -2.31. The molecule has 0 aliphatic carbocycles. The third-order valence-corrected chi connectivity index (χ3v) is 3.08. The van der Waals surface area contributed by atoms with E-state index < -0.39 is 0 Å². The van der Waals surface area contributed by atoms with Crippen molar-refractivity contribution < 1.29 is 9.53 Å². The quantitative estimate of drug-likeness (QED) is 0.680. The zero-order valence-corrected chi connectivity index (χ0v) is 13.3. The first-order chi connectivity index (χ1) is 9.46. The van der Waals surface area contributed by atoms with Gasteiger partial charge in [-0.2, -0.15) is 0 Å². The number of hydrogen-bond acceptors (Lipinski definition) is 3. The minimum atomic E-state index is 0.619. The highest BCUT2D eigenvalue weighted by molar-refractivity contribution is 5.75. The summed E-state index contributed by atoms with van der Waals surface area (Å²) in [5.41, 5.74) is 1.79. The molecule has 0 aromatic heterocycles. The zero-order valence-electron chi connectivity index (χ0n) is 13.3. The molecule has 20 heavy (non-hydrogen) atoms. The molecule has 1 rings (SSSR count). The summed E-state index contributed by atoms with van der Waals surface area (Å²) in [4.78, 5) is 13.4. The molecule has 0 saturated carbocycles. The molecule has 0 amide bonds. The fraction of sp³-hybridized carbons (Fsp3) is 0.588. The summed E-state index contributed by atoms with van der Waals surface area (Å²) in [7, 11) is 1.68. The molecule has 0 heterocycles. The number of benzene rings is 1. The third kappa shape index (κ3) is 5.33. The van der Waals surface area contributed by atoms with E-state index in [1.807, 2.05) is 12.1 Å². The molecule has 0 unspecified atom stereocenters. The van der Waals surface area contributed by atoms with Gasteiger partial charge >= 0.3 is 0 Å². The molecular formula is C17H27NO2. The standard InChI is InChI=1S/C17H27NO2/c1-13(2)9-18(10-14(3)4)11-16-8-15(12-19)6-7-17(16)20-5/h6-8,12-14H,9-11H2,1-5H3. The second-order valence-corrected chi connectivity index (χ2v) is 6.17. The SMILES string of the molecule is COc1ccc(C=O)cc1CN(CC(C)C)CC(C)C. The van der Waals surface area contributed by atoms with Gasteiger partial charge < -0.3 is 4.74 Å². The predicted molar refractivity (Wildman–Crippen MR) is 83.3 cm³/mol. The van der Waals surface area contributed by atoms with Gasteiger partial charge in [0.2, 0.25) is 0 Å². The average molecular weight is 277 g/mol. The first-order valence-corrected chi connectivity index (χ1v) is 7.30. The summed E-state index contributed by atoms with van der Waals surface area (Å²) >= 11 is 0. The van der Waals surface area contributed by atoms with E-state index in [9.17, 15) is 4.79 Å². The molecule has 1 aromatic carbocycles. The monoisotopic (exact) mass is 277 g/mol. The Bertz CT molecular complexity index is 417. The zero-order chi connectivity index (χ0) is 15.1. The van der Waals surface area contributed by atoms with Gasteiger partial charge in [0, 0.05) is 30.8 Å². The van der Waals surface area contributed by atoms with Gasteiger partial charge in [0.15, 0.2) is 0 Å². The second kappa shape index (κ2) is 8.05. The third-order valence-electron chi connectivity index (χ3n) is 3.08. The van der Waals surface area contributed by atoms with Crippen LogP contribution in [0.3, 0.4) is 0 Å². The van der Waals surface area contributed by atoms with E-state index in [1.165, 1.54) is 0 Å². The number of aldehydes is 1. The number of methoxy groups -OCH3 is 1. The van der Waals surface area contributed by atoms with E-state index in [4.69, 9.17) is 4.74 Å². The molecule has 3 heteroatoms. The Morgan fingerprint density at radius 1 is 1.15 bits per heavy atom. The number of nitrogens with zero attached hydrogens (tertiary/aromatic N) is 1. The number of carbonyl (C=O) groups excluding carboxylic acids is 1. The number of carbonyl (C=O) groups is 1. The molecule has 112 valence electrons. The van der Waals surface area contributed by atoms with Crippen molar-refractivity contribution in [3.63, 3.8) is 0 Å². The van der Waals surface area contributed by atoms with Crippen molar-refractivity contribution in [3.8, 4) is 5.75 Å². The highest BCUT2D eigenvalue weighted by Crippen LogP contribution is 2.22. The molecule has 0 N–H and O–H groups in total. The Morgan fingerprint density at radius 2 is 1.75 bits per heavy atom. The Labute approximate surface area is 122 Å². The molecule has 0 fully saturated rings. The van der Waals surface area contributed by atoms with Crippen LogP contribution in [-0.4, -0.2) is 31.4 Å². The summed E-state index contributed by atoms with van der Waals surface area (Å²) in [6.45, 7) is 11.8. The molecule has 1 aromatic rings. The Hall–Kier alpha value is -1.35. The van der Waals surface area contributed by atoms with Crippen LogP contribution in [0.15, 0.2) is 18.2 Å². The van der Waals surface area contributed by atoms with E-state index in [0.717, 1.165) is 37.2 Å². The molecule has 3 nitrogen and oxygen atoms in total. The van der Waals surface area contributed by atoms with Crippen molar-refractivity contribution in [1.29, 1.82) is 0 Å². The maximum absolute atomic E-state index is 10.9. The summed E-state index contributed by atoms with van der Waals surface area (Å²) in [5.74, 6) is 2.09. The first-order valence-electron chi connectivity index (χ1n) is 7.30. The van der Waals surface area contributed by atoms with Crippen molar-refractivity contribution in [2.24, 2.45) is 11.8 Å².